The second kappa shape index (κ2) is 9.54. The molecule has 3 nitrogen and oxygen atoms in total. The third-order valence-corrected chi connectivity index (χ3v) is 3.32. The quantitative estimate of drug-likeness (QED) is 0.544. The van der Waals surface area contributed by atoms with Gasteiger partial charge >= 0.3 is 0 Å². The summed E-state index contributed by atoms with van der Waals surface area (Å²) in [5.74, 6) is 0. The number of rotatable bonds is 9. The van der Waals surface area contributed by atoms with Crippen molar-refractivity contribution in [2.24, 2.45) is 5.16 Å². The summed E-state index contributed by atoms with van der Waals surface area (Å²) in [5.41, 5.74) is 1.97. The molecule has 0 bridgehead atoms. The average Bonchev–Trinajstić information content (AvgIpc) is 2.46. The Kier molecular flexibility index (Phi) is 7.97. The first-order chi connectivity index (χ1) is 9.63. The standard InChI is InChI=1S/C17H27NO2/c1-4-5-11-17(13-12-14(2)19)20-18-15(3)16-9-7-6-8-10-16/h6-10,14,17,19H,4-5,11-13H2,1-3H3. The second-order valence-electron chi connectivity index (χ2n) is 5.34. The zero-order chi connectivity index (χ0) is 14.8. The third kappa shape index (κ3) is 6.71. The lowest BCUT2D eigenvalue weighted by molar-refractivity contribution is 0.0343. The van der Waals surface area contributed by atoms with Crippen LogP contribution in [-0.4, -0.2) is 23.0 Å². The molecule has 0 aliphatic carbocycles. The van der Waals surface area contributed by atoms with Gasteiger partial charge in [-0.2, -0.15) is 0 Å². The molecule has 1 rings (SSSR count). The summed E-state index contributed by atoms with van der Waals surface area (Å²) in [5, 5.41) is 13.7. The summed E-state index contributed by atoms with van der Waals surface area (Å²) >= 11 is 0. The highest BCUT2D eigenvalue weighted by molar-refractivity contribution is 5.98. The first-order valence-electron chi connectivity index (χ1n) is 7.57. The van der Waals surface area contributed by atoms with Crippen molar-refractivity contribution in [1.29, 1.82) is 0 Å². The Bertz CT molecular complexity index is 387. The summed E-state index contributed by atoms with van der Waals surface area (Å²) in [7, 11) is 0. The summed E-state index contributed by atoms with van der Waals surface area (Å²) in [6.07, 6.45) is 4.71. The van der Waals surface area contributed by atoms with Gasteiger partial charge in [-0.25, -0.2) is 0 Å². The van der Waals surface area contributed by atoms with E-state index in [0.29, 0.717) is 0 Å². The van der Waals surface area contributed by atoms with E-state index in [-0.39, 0.29) is 12.2 Å². The van der Waals surface area contributed by atoms with Gasteiger partial charge in [0.1, 0.15) is 6.10 Å². The van der Waals surface area contributed by atoms with Gasteiger partial charge in [0.2, 0.25) is 0 Å². The number of benzene rings is 1. The number of aliphatic hydroxyl groups is 1. The number of unbranched alkanes of at least 4 members (excludes halogenated alkanes) is 1. The molecular formula is C17H27NO2. The molecule has 20 heavy (non-hydrogen) atoms. The van der Waals surface area contributed by atoms with E-state index in [1.807, 2.05) is 44.2 Å². The molecule has 112 valence electrons. The van der Waals surface area contributed by atoms with Crippen LogP contribution in [0, 0.1) is 0 Å². The zero-order valence-electron chi connectivity index (χ0n) is 12.9. The van der Waals surface area contributed by atoms with Crippen LogP contribution < -0.4 is 0 Å². The summed E-state index contributed by atoms with van der Waals surface area (Å²) in [4.78, 5) is 5.69. The molecular weight excluding hydrogens is 250 g/mol. The molecule has 0 saturated heterocycles. The minimum Gasteiger partial charge on any atom is -0.393 e. The van der Waals surface area contributed by atoms with Crippen LogP contribution in [0.3, 0.4) is 0 Å². The van der Waals surface area contributed by atoms with Crippen molar-refractivity contribution in [2.75, 3.05) is 0 Å². The fourth-order valence-electron chi connectivity index (χ4n) is 1.99. The van der Waals surface area contributed by atoms with Crippen LogP contribution in [0.1, 0.15) is 58.4 Å². The monoisotopic (exact) mass is 277 g/mol. The molecule has 0 aliphatic heterocycles. The van der Waals surface area contributed by atoms with E-state index in [9.17, 15) is 5.11 Å². The Balaban J connectivity index is 2.55. The number of hydrogen-bond acceptors (Lipinski definition) is 3. The predicted molar refractivity (Wildman–Crippen MR) is 84.0 cm³/mol. The molecule has 2 atom stereocenters. The zero-order valence-corrected chi connectivity index (χ0v) is 12.9. The van der Waals surface area contributed by atoms with Gasteiger partial charge in [-0.05, 0) is 45.1 Å². The molecule has 0 saturated carbocycles. The van der Waals surface area contributed by atoms with Crippen LogP contribution in [0.2, 0.25) is 0 Å². The molecule has 1 N–H and O–H groups in total. The first-order valence-corrected chi connectivity index (χ1v) is 7.57. The van der Waals surface area contributed by atoms with E-state index in [2.05, 4.69) is 12.1 Å². The topological polar surface area (TPSA) is 41.8 Å². The SMILES string of the molecule is CCCCC(CCC(C)O)ON=C(C)c1ccccc1. The van der Waals surface area contributed by atoms with Crippen LogP contribution in [0.25, 0.3) is 0 Å². The molecule has 0 amide bonds. The molecule has 1 aromatic carbocycles. The smallest absolute Gasteiger partial charge is 0.127 e. The van der Waals surface area contributed by atoms with Crippen molar-refractivity contribution >= 4 is 5.71 Å². The number of hydrogen-bond donors (Lipinski definition) is 1. The minimum atomic E-state index is -0.276. The Morgan fingerprint density at radius 3 is 2.50 bits per heavy atom. The van der Waals surface area contributed by atoms with E-state index >= 15 is 0 Å². The van der Waals surface area contributed by atoms with Crippen molar-refractivity contribution in [3.05, 3.63) is 35.9 Å². The summed E-state index contributed by atoms with van der Waals surface area (Å²) in [6.45, 7) is 5.94. The summed E-state index contributed by atoms with van der Waals surface area (Å²) < 4.78 is 0. The first kappa shape index (κ1) is 16.7. The van der Waals surface area contributed by atoms with E-state index in [0.717, 1.165) is 43.4 Å². The van der Waals surface area contributed by atoms with Gasteiger partial charge in [0.15, 0.2) is 0 Å². The third-order valence-electron chi connectivity index (χ3n) is 3.32. The molecule has 0 aromatic heterocycles. The molecule has 0 heterocycles. The molecule has 2 unspecified atom stereocenters. The largest absolute Gasteiger partial charge is 0.393 e. The maximum absolute atomic E-state index is 9.39. The molecule has 3 heteroatoms. The lowest BCUT2D eigenvalue weighted by Gasteiger charge is -2.16. The maximum atomic E-state index is 9.39. The van der Waals surface area contributed by atoms with E-state index < -0.39 is 0 Å². The average molecular weight is 277 g/mol. The van der Waals surface area contributed by atoms with Gasteiger partial charge in [-0.3, -0.25) is 0 Å². The fraction of sp³-hybridized carbons (Fsp3) is 0.588. The van der Waals surface area contributed by atoms with Gasteiger partial charge in [-0.15, -0.1) is 0 Å². The van der Waals surface area contributed by atoms with Gasteiger partial charge in [-0.1, -0.05) is 48.8 Å². The Morgan fingerprint density at radius 2 is 1.90 bits per heavy atom. The van der Waals surface area contributed by atoms with Gasteiger partial charge in [0.25, 0.3) is 0 Å². The maximum Gasteiger partial charge on any atom is 0.127 e. The van der Waals surface area contributed by atoms with Crippen LogP contribution in [0.15, 0.2) is 35.5 Å². The molecule has 0 aliphatic rings. The highest BCUT2D eigenvalue weighted by atomic mass is 16.6. The Hall–Kier alpha value is -1.35. The van der Waals surface area contributed by atoms with Crippen LogP contribution in [0.4, 0.5) is 0 Å². The number of aliphatic hydroxyl groups excluding tert-OH is 1. The number of nitrogens with zero attached hydrogens (tertiary/aromatic N) is 1. The van der Waals surface area contributed by atoms with Crippen molar-refractivity contribution in [3.63, 3.8) is 0 Å². The van der Waals surface area contributed by atoms with Gasteiger partial charge in [0, 0.05) is 0 Å². The molecule has 1 aromatic rings. The van der Waals surface area contributed by atoms with Crippen LogP contribution in [0.5, 0.6) is 0 Å². The lowest BCUT2D eigenvalue weighted by Crippen LogP contribution is -2.14. The van der Waals surface area contributed by atoms with Crippen molar-refractivity contribution in [3.8, 4) is 0 Å². The lowest BCUT2D eigenvalue weighted by atomic mass is 10.1. The van der Waals surface area contributed by atoms with Gasteiger partial charge in [0.05, 0.1) is 11.8 Å². The second-order valence-corrected chi connectivity index (χ2v) is 5.34. The molecule has 0 spiro atoms. The predicted octanol–water partition coefficient (Wildman–Crippen LogP) is 4.15. The normalized spacial score (nSPS) is 14.9. The minimum absolute atomic E-state index is 0.100. The Morgan fingerprint density at radius 1 is 1.20 bits per heavy atom. The van der Waals surface area contributed by atoms with E-state index in [1.165, 1.54) is 0 Å². The Labute approximate surface area is 122 Å². The summed E-state index contributed by atoms with van der Waals surface area (Å²) in [6, 6.07) is 10.0. The highest BCUT2D eigenvalue weighted by Gasteiger charge is 2.11. The molecule has 0 fully saturated rings. The highest BCUT2D eigenvalue weighted by Crippen LogP contribution is 2.14. The van der Waals surface area contributed by atoms with Crippen molar-refractivity contribution in [2.45, 2.75) is 65.1 Å². The molecule has 0 radical (unpaired) electrons. The number of oxime groups is 1. The van der Waals surface area contributed by atoms with Crippen LogP contribution >= 0.6 is 0 Å². The van der Waals surface area contributed by atoms with Crippen molar-refractivity contribution < 1.29 is 9.94 Å². The fourth-order valence-corrected chi connectivity index (χ4v) is 1.99. The van der Waals surface area contributed by atoms with Crippen molar-refractivity contribution in [1.82, 2.24) is 0 Å². The van der Waals surface area contributed by atoms with Gasteiger partial charge < -0.3 is 9.94 Å². The van der Waals surface area contributed by atoms with E-state index in [4.69, 9.17) is 4.84 Å². The van der Waals surface area contributed by atoms with E-state index in [1.54, 1.807) is 0 Å². The van der Waals surface area contributed by atoms with Crippen LogP contribution in [-0.2, 0) is 4.84 Å².